The Balaban J connectivity index is 3.89. The Hall–Kier alpha value is -1.48. The lowest BCUT2D eigenvalue weighted by Gasteiger charge is -2.12. The predicted octanol–water partition coefficient (Wildman–Crippen LogP) is 13.0. The van der Waals surface area contributed by atoms with Gasteiger partial charge in [-0.25, -0.2) is 0 Å². The molecule has 0 N–H and O–H groups in total. The maximum atomic E-state index is 4.78. The van der Waals surface area contributed by atoms with Crippen LogP contribution in [-0.2, 0) is 0 Å². The molecule has 0 aliphatic carbocycles. The molecule has 0 fully saturated rings. The topological polar surface area (TPSA) is 28.0 Å². The van der Waals surface area contributed by atoms with E-state index in [1.165, 1.54) is 141 Å². The molecule has 0 amide bonds. The number of nitrogens with zero attached hydrogens (tertiary/aromatic N) is 3. The van der Waals surface area contributed by atoms with Gasteiger partial charge in [0.15, 0.2) is 0 Å². The van der Waals surface area contributed by atoms with Crippen molar-refractivity contribution in [2.24, 2.45) is 10.2 Å². The Bertz CT molecular complexity index is 613. The molecule has 0 radical (unpaired) electrons. The first kappa shape index (κ1) is 40.5. The van der Waals surface area contributed by atoms with Crippen LogP contribution in [-0.4, -0.2) is 38.1 Å². The van der Waals surface area contributed by atoms with Crippen molar-refractivity contribution in [3.05, 3.63) is 48.6 Å². The van der Waals surface area contributed by atoms with Gasteiger partial charge >= 0.3 is 0 Å². The second-order valence-electron chi connectivity index (χ2n) is 12.5. The van der Waals surface area contributed by atoms with E-state index in [2.05, 4.69) is 86.6 Å². The molecule has 0 aromatic heterocycles. The van der Waals surface area contributed by atoms with Crippen LogP contribution in [0.15, 0.2) is 58.8 Å². The van der Waals surface area contributed by atoms with Gasteiger partial charge in [0, 0.05) is 6.54 Å². The molecule has 0 aromatic rings. The lowest BCUT2D eigenvalue weighted by Crippen LogP contribution is -2.15. The van der Waals surface area contributed by atoms with E-state index in [1.807, 2.05) is 0 Å². The fraction of sp³-hybridized carbons (Fsp3) is 0.795. The average molecular weight is 584 g/mol. The van der Waals surface area contributed by atoms with Crippen molar-refractivity contribution in [2.45, 2.75) is 174 Å². The molecule has 0 heterocycles. The smallest absolute Gasteiger partial charge is 0.0725 e. The predicted molar refractivity (Wildman–Crippen MR) is 191 cm³/mol. The van der Waals surface area contributed by atoms with E-state index >= 15 is 0 Å². The van der Waals surface area contributed by atoms with E-state index in [0.29, 0.717) is 6.04 Å². The Kier molecular flexibility index (Phi) is 34.5. The summed E-state index contributed by atoms with van der Waals surface area (Å²) in [6, 6.07) is 0.439. The fourth-order valence-electron chi connectivity index (χ4n) is 5.03. The van der Waals surface area contributed by atoms with Gasteiger partial charge in [-0.05, 0) is 78.3 Å². The average Bonchev–Trinajstić information content (AvgIpc) is 2.98. The number of azo groups is 1. The van der Waals surface area contributed by atoms with Crippen LogP contribution in [0.2, 0.25) is 0 Å². The Morgan fingerprint density at radius 1 is 0.476 bits per heavy atom. The van der Waals surface area contributed by atoms with Crippen molar-refractivity contribution < 1.29 is 0 Å². The molecule has 0 spiro atoms. The van der Waals surface area contributed by atoms with Gasteiger partial charge in [0.2, 0.25) is 0 Å². The van der Waals surface area contributed by atoms with Crippen LogP contribution in [0.5, 0.6) is 0 Å². The number of hydrogen-bond donors (Lipinski definition) is 0. The van der Waals surface area contributed by atoms with Crippen LogP contribution in [0, 0.1) is 0 Å². The van der Waals surface area contributed by atoms with Crippen LogP contribution < -0.4 is 0 Å². The van der Waals surface area contributed by atoms with Gasteiger partial charge in [0.05, 0.1) is 12.6 Å². The Morgan fingerprint density at radius 2 is 0.857 bits per heavy atom. The summed E-state index contributed by atoms with van der Waals surface area (Å²) < 4.78 is 0. The number of hydrogen-bond acceptors (Lipinski definition) is 3. The summed E-state index contributed by atoms with van der Waals surface area (Å²) >= 11 is 0. The molecule has 0 unspecified atom stereocenters. The van der Waals surface area contributed by atoms with Gasteiger partial charge in [-0.3, -0.25) is 0 Å². The monoisotopic (exact) mass is 584 g/mol. The van der Waals surface area contributed by atoms with Crippen molar-refractivity contribution in [3.63, 3.8) is 0 Å². The second kappa shape index (κ2) is 35.7. The van der Waals surface area contributed by atoms with Crippen molar-refractivity contribution in [1.29, 1.82) is 0 Å². The van der Waals surface area contributed by atoms with Crippen LogP contribution in [0.1, 0.15) is 168 Å². The van der Waals surface area contributed by atoms with Crippen LogP contribution in [0.25, 0.3) is 0 Å². The van der Waals surface area contributed by atoms with Gasteiger partial charge in [0.1, 0.15) is 0 Å². The minimum absolute atomic E-state index is 0.439. The maximum absolute atomic E-state index is 4.78. The molecule has 0 rings (SSSR count). The fourth-order valence-corrected chi connectivity index (χ4v) is 5.03. The first-order chi connectivity index (χ1) is 20.7. The summed E-state index contributed by atoms with van der Waals surface area (Å²) in [6.07, 6.45) is 49.8. The summed E-state index contributed by atoms with van der Waals surface area (Å²) in [5.74, 6) is 0. The zero-order valence-corrected chi connectivity index (χ0v) is 28.9. The highest BCUT2D eigenvalue weighted by atomic mass is 15.1. The number of allylic oxidation sites excluding steroid dienone is 8. The van der Waals surface area contributed by atoms with Crippen molar-refractivity contribution in [2.75, 3.05) is 27.2 Å². The Morgan fingerprint density at radius 3 is 1.26 bits per heavy atom. The van der Waals surface area contributed by atoms with E-state index < -0.39 is 0 Å². The number of rotatable bonds is 32. The highest BCUT2D eigenvalue weighted by molar-refractivity contribution is 4.93. The second-order valence-corrected chi connectivity index (χ2v) is 12.5. The van der Waals surface area contributed by atoms with E-state index in [1.54, 1.807) is 0 Å². The summed E-state index contributed by atoms with van der Waals surface area (Å²) in [4.78, 5) is 2.19. The quantitative estimate of drug-likeness (QED) is 0.0439. The summed E-state index contributed by atoms with van der Waals surface area (Å²) in [7, 11) is 4.22. The molecule has 3 nitrogen and oxygen atoms in total. The molecule has 0 aromatic carbocycles. The molecular formula is C39H73N3. The van der Waals surface area contributed by atoms with E-state index in [-0.39, 0.29) is 0 Å². The SMILES string of the molecule is CCCCC=CCC=CCCCCCCCCC(CCCCCCCCC=CCC=CCCCC)N=NCCN(C)C. The third-order valence-corrected chi connectivity index (χ3v) is 7.87. The van der Waals surface area contributed by atoms with E-state index in [9.17, 15) is 0 Å². The molecule has 0 bridgehead atoms. The first-order valence-electron chi connectivity index (χ1n) is 18.3. The maximum Gasteiger partial charge on any atom is 0.0725 e. The molecular weight excluding hydrogens is 510 g/mol. The highest BCUT2D eigenvalue weighted by Gasteiger charge is 2.07. The van der Waals surface area contributed by atoms with Crippen LogP contribution in [0.4, 0.5) is 0 Å². The summed E-state index contributed by atoms with van der Waals surface area (Å²) in [6.45, 7) is 6.33. The van der Waals surface area contributed by atoms with Gasteiger partial charge in [-0.15, -0.1) is 0 Å². The number of unbranched alkanes of at least 4 members (excludes halogenated alkanes) is 16. The van der Waals surface area contributed by atoms with E-state index in [4.69, 9.17) is 5.11 Å². The summed E-state index contributed by atoms with van der Waals surface area (Å²) in [5.41, 5.74) is 0. The van der Waals surface area contributed by atoms with Crippen LogP contribution >= 0.6 is 0 Å². The molecule has 0 saturated heterocycles. The minimum Gasteiger partial charge on any atom is -0.307 e. The minimum atomic E-state index is 0.439. The Labute approximate surface area is 264 Å². The van der Waals surface area contributed by atoms with Gasteiger partial charge in [-0.2, -0.15) is 10.2 Å². The molecule has 0 aliphatic rings. The normalized spacial score (nSPS) is 13.5. The molecule has 42 heavy (non-hydrogen) atoms. The summed E-state index contributed by atoms with van der Waals surface area (Å²) in [5, 5.41) is 9.33. The molecule has 3 heteroatoms. The lowest BCUT2D eigenvalue weighted by molar-refractivity contribution is 0.410. The lowest BCUT2D eigenvalue weighted by atomic mass is 10.0. The van der Waals surface area contributed by atoms with Crippen molar-refractivity contribution in [3.8, 4) is 0 Å². The van der Waals surface area contributed by atoms with E-state index in [0.717, 1.165) is 25.9 Å². The molecule has 0 saturated carbocycles. The van der Waals surface area contributed by atoms with Crippen molar-refractivity contribution in [1.82, 2.24) is 4.90 Å². The molecule has 244 valence electrons. The third kappa shape index (κ3) is 34.7. The van der Waals surface area contributed by atoms with Gasteiger partial charge in [-0.1, -0.05) is 152 Å². The zero-order valence-electron chi connectivity index (χ0n) is 28.9. The van der Waals surface area contributed by atoms with Crippen LogP contribution in [0.3, 0.4) is 0 Å². The molecule has 0 aliphatic heterocycles. The standard InChI is InChI=1S/C39H73N3/c1-5-7-9-11-13-15-17-19-21-23-25-27-29-31-33-35-39(41-40-37-38-42(3)4)36-34-32-30-28-26-24-22-20-18-16-14-12-10-8-6-2/h11-14,17-20,39H,5-10,15-16,21-38H2,1-4H3. The zero-order chi connectivity index (χ0) is 30.6. The van der Waals surface area contributed by atoms with Gasteiger partial charge < -0.3 is 4.90 Å². The molecule has 0 atom stereocenters. The van der Waals surface area contributed by atoms with Gasteiger partial charge in [0.25, 0.3) is 0 Å². The largest absolute Gasteiger partial charge is 0.307 e. The third-order valence-electron chi connectivity index (χ3n) is 7.87. The highest BCUT2D eigenvalue weighted by Crippen LogP contribution is 2.17. The van der Waals surface area contributed by atoms with Crippen molar-refractivity contribution >= 4 is 0 Å². The first-order valence-corrected chi connectivity index (χ1v) is 18.3. The number of likely N-dealkylation sites (N-methyl/N-ethyl adjacent to an activating group) is 1.